The minimum absolute atomic E-state index is 1.10. The summed E-state index contributed by atoms with van der Waals surface area (Å²) in [6.07, 6.45) is 0. The van der Waals surface area contributed by atoms with Gasteiger partial charge in [-0.05, 0) is 80.0 Å². The lowest BCUT2D eigenvalue weighted by Crippen LogP contribution is -2.12. The number of anilines is 3. The largest absolute Gasteiger partial charge is 0.308 e. The van der Waals surface area contributed by atoms with Crippen LogP contribution in [0.1, 0.15) is 0 Å². The van der Waals surface area contributed by atoms with Crippen LogP contribution in [-0.4, -0.2) is 0 Å². The Hall–Kier alpha value is -6.74. The van der Waals surface area contributed by atoms with Crippen LogP contribution in [0.3, 0.4) is 0 Å². The second-order valence-corrected chi connectivity index (χ2v) is 14.7. The van der Waals surface area contributed by atoms with Crippen LogP contribution in [0.5, 0.6) is 0 Å². The molecule has 0 saturated carbocycles. The molecule has 0 amide bonds. The lowest BCUT2D eigenvalue weighted by Gasteiger charge is -2.30. The van der Waals surface area contributed by atoms with Crippen LogP contribution < -0.4 is 4.90 Å². The molecule has 2 heteroatoms. The SMILES string of the molecule is c1ccc(-c2ccc(N(c3ccccc3-c3c(-c4ccccc4)ccc4ccccc34)c3cccc4c3sc3ccccc34)cc2-c2ccccc2)cc1. The van der Waals surface area contributed by atoms with Gasteiger partial charge in [-0.25, -0.2) is 0 Å². The molecule has 0 spiro atoms. The standard InChI is InChI=1S/C52H35NS/c1-4-17-36(18-5-1)41-34-32-40(35-47(41)38-21-8-3-9-22-38)53(49-29-16-27-45-44-25-13-15-30-50(44)54-52(45)49)48-28-14-12-26-46(48)51-42-24-11-10-23-39(42)31-33-43(51)37-19-6-2-7-20-37/h1-35H. The Morgan fingerprint density at radius 2 is 0.889 bits per heavy atom. The van der Waals surface area contributed by atoms with Crippen molar-refractivity contribution >= 4 is 59.3 Å². The number of benzene rings is 9. The fourth-order valence-corrected chi connectivity index (χ4v) is 9.22. The fourth-order valence-electron chi connectivity index (χ4n) is 8.01. The molecule has 54 heavy (non-hydrogen) atoms. The Morgan fingerprint density at radius 3 is 1.65 bits per heavy atom. The van der Waals surface area contributed by atoms with Gasteiger partial charge < -0.3 is 4.90 Å². The number of thiophene rings is 1. The number of rotatable bonds is 7. The van der Waals surface area contributed by atoms with E-state index in [2.05, 4.69) is 217 Å². The third-order valence-corrected chi connectivity index (χ3v) is 11.7. The Labute approximate surface area is 319 Å². The lowest BCUT2D eigenvalue weighted by molar-refractivity contribution is 1.30. The first-order valence-electron chi connectivity index (χ1n) is 18.4. The molecular formula is C52H35NS. The first-order valence-corrected chi connectivity index (χ1v) is 19.3. The van der Waals surface area contributed by atoms with Crippen molar-refractivity contribution in [2.24, 2.45) is 0 Å². The highest BCUT2D eigenvalue weighted by Gasteiger charge is 2.24. The van der Waals surface area contributed by atoms with Crippen molar-refractivity contribution in [1.29, 1.82) is 0 Å². The predicted octanol–water partition coefficient (Wildman–Crippen LogP) is 15.3. The van der Waals surface area contributed by atoms with E-state index in [4.69, 9.17) is 0 Å². The predicted molar refractivity (Wildman–Crippen MR) is 233 cm³/mol. The van der Waals surface area contributed by atoms with E-state index in [0.29, 0.717) is 0 Å². The number of nitrogens with zero attached hydrogens (tertiary/aromatic N) is 1. The van der Waals surface area contributed by atoms with Gasteiger partial charge >= 0.3 is 0 Å². The maximum Gasteiger partial charge on any atom is 0.0640 e. The summed E-state index contributed by atoms with van der Waals surface area (Å²) >= 11 is 1.87. The third kappa shape index (κ3) is 5.56. The monoisotopic (exact) mass is 705 g/mol. The molecule has 0 atom stereocenters. The van der Waals surface area contributed by atoms with Crippen molar-refractivity contribution in [3.8, 4) is 44.5 Å². The topological polar surface area (TPSA) is 3.24 Å². The average Bonchev–Trinajstić information content (AvgIpc) is 3.64. The van der Waals surface area contributed by atoms with E-state index < -0.39 is 0 Å². The molecule has 10 aromatic rings. The Bertz CT molecular complexity index is 2930. The summed E-state index contributed by atoms with van der Waals surface area (Å²) in [7, 11) is 0. The second-order valence-electron chi connectivity index (χ2n) is 13.6. The van der Waals surface area contributed by atoms with Crippen LogP contribution in [0, 0.1) is 0 Å². The van der Waals surface area contributed by atoms with E-state index >= 15 is 0 Å². The lowest BCUT2D eigenvalue weighted by atomic mass is 9.88. The molecule has 0 unspecified atom stereocenters. The normalized spacial score (nSPS) is 11.3. The van der Waals surface area contributed by atoms with E-state index in [1.807, 2.05) is 11.3 Å². The zero-order chi connectivity index (χ0) is 35.8. The molecule has 0 aliphatic carbocycles. The van der Waals surface area contributed by atoms with Crippen LogP contribution in [-0.2, 0) is 0 Å². The molecule has 0 aliphatic heterocycles. The Morgan fingerprint density at radius 1 is 0.333 bits per heavy atom. The second kappa shape index (κ2) is 13.7. The van der Waals surface area contributed by atoms with Crippen molar-refractivity contribution < 1.29 is 0 Å². The van der Waals surface area contributed by atoms with Gasteiger partial charge in [0.1, 0.15) is 0 Å². The summed E-state index contributed by atoms with van der Waals surface area (Å²) in [5.41, 5.74) is 13.0. The molecule has 0 N–H and O–H groups in total. The number of para-hydroxylation sites is 1. The quantitative estimate of drug-likeness (QED) is 0.160. The summed E-state index contributed by atoms with van der Waals surface area (Å²) in [4.78, 5) is 2.50. The summed E-state index contributed by atoms with van der Waals surface area (Å²) in [6.45, 7) is 0. The summed E-state index contributed by atoms with van der Waals surface area (Å²) in [5.74, 6) is 0. The fraction of sp³-hybridized carbons (Fsp3) is 0. The van der Waals surface area contributed by atoms with Crippen molar-refractivity contribution in [2.45, 2.75) is 0 Å². The number of hydrogen-bond donors (Lipinski definition) is 0. The first kappa shape index (κ1) is 32.0. The highest BCUT2D eigenvalue weighted by molar-refractivity contribution is 7.26. The van der Waals surface area contributed by atoms with Crippen LogP contribution in [0.25, 0.3) is 75.5 Å². The molecule has 0 fully saturated rings. The van der Waals surface area contributed by atoms with Crippen LogP contribution >= 0.6 is 11.3 Å². The maximum absolute atomic E-state index is 2.50. The van der Waals surface area contributed by atoms with E-state index in [9.17, 15) is 0 Å². The number of hydrogen-bond acceptors (Lipinski definition) is 2. The van der Waals surface area contributed by atoms with Crippen LogP contribution in [0.4, 0.5) is 17.1 Å². The van der Waals surface area contributed by atoms with Gasteiger partial charge in [0.05, 0.1) is 16.1 Å². The number of fused-ring (bicyclic) bond motifs is 4. The van der Waals surface area contributed by atoms with Crippen molar-refractivity contribution in [3.63, 3.8) is 0 Å². The zero-order valence-electron chi connectivity index (χ0n) is 29.6. The molecule has 0 bridgehead atoms. The summed E-state index contributed by atoms with van der Waals surface area (Å²) in [6, 6.07) is 77.2. The van der Waals surface area contributed by atoms with Gasteiger partial charge in [0, 0.05) is 26.7 Å². The highest BCUT2D eigenvalue weighted by atomic mass is 32.1. The molecule has 9 aromatic carbocycles. The molecule has 1 nitrogen and oxygen atoms in total. The average molecular weight is 706 g/mol. The van der Waals surface area contributed by atoms with E-state index in [-0.39, 0.29) is 0 Å². The van der Waals surface area contributed by atoms with Gasteiger partial charge in [-0.2, -0.15) is 0 Å². The molecule has 0 saturated heterocycles. The molecule has 1 aromatic heterocycles. The third-order valence-electron chi connectivity index (χ3n) is 10.5. The van der Waals surface area contributed by atoms with Gasteiger partial charge in [-0.15, -0.1) is 11.3 Å². The summed E-state index contributed by atoms with van der Waals surface area (Å²) in [5, 5.41) is 5.02. The minimum Gasteiger partial charge on any atom is -0.308 e. The highest BCUT2D eigenvalue weighted by Crippen LogP contribution is 2.50. The van der Waals surface area contributed by atoms with Gasteiger partial charge in [-0.3, -0.25) is 0 Å². The van der Waals surface area contributed by atoms with Gasteiger partial charge in [0.15, 0.2) is 0 Å². The molecule has 254 valence electrons. The van der Waals surface area contributed by atoms with Crippen molar-refractivity contribution in [1.82, 2.24) is 0 Å². The van der Waals surface area contributed by atoms with E-state index in [1.165, 1.54) is 75.5 Å². The Balaban J connectivity index is 1.30. The molecule has 10 rings (SSSR count). The minimum atomic E-state index is 1.10. The molecule has 1 heterocycles. The zero-order valence-corrected chi connectivity index (χ0v) is 30.4. The molecular weight excluding hydrogens is 671 g/mol. The van der Waals surface area contributed by atoms with E-state index in [1.54, 1.807) is 0 Å². The maximum atomic E-state index is 2.50. The van der Waals surface area contributed by atoms with Crippen molar-refractivity contribution in [3.05, 3.63) is 212 Å². The van der Waals surface area contributed by atoms with Crippen LogP contribution in [0.2, 0.25) is 0 Å². The van der Waals surface area contributed by atoms with Crippen LogP contribution in [0.15, 0.2) is 212 Å². The van der Waals surface area contributed by atoms with Gasteiger partial charge in [0.25, 0.3) is 0 Å². The van der Waals surface area contributed by atoms with Crippen molar-refractivity contribution in [2.75, 3.05) is 4.90 Å². The first-order chi connectivity index (χ1) is 26.8. The summed E-state index contributed by atoms with van der Waals surface area (Å²) < 4.78 is 2.56. The molecule has 0 aliphatic rings. The smallest absolute Gasteiger partial charge is 0.0640 e. The van der Waals surface area contributed by atoms with Gasteiger partial charge in [0.2, 0.25) is 0 Å². The Kier molecular flexibility index (Phi) is 8.09. The molecule has 0 radical (unpaired) electrons. The van der Waals surface area contributed by atoms with E-state index in [0.717, 1.165) is 17.1 Å². The van der Waals surface area contributed by atoms with Gasteiger partial charge in [-0.1, -0.05) is 182 Å².